The molecule has 0 aliphatic carbocycles. The maximum atomic E-state index is 12.8. The highest BCUT2D eigenvalue weighted by Crippen LogP contribution is 2.24. The van der Waals surface area contributed by atoms with Gasteiger partial charge >= 0.3 is 0 Å². The molecule has 1 atom stereocenters. The Balaban J connectivity index is 1.67. The van der Waals surface area contributed by atoms with Crippen LogP contribution in [-0.4, -0.2) is 31.0 Å². The highest BCUT2D eigenvalue weighted by molar-refractivity contribution is 6.32. The summed E-state index contributed by atoms with van der Waals surface area (Å²) in [7, 11) is 0. The van der Waals surface area contributed by atoms with Crippen molar-refractivity contribution in [1.29, 1.82) is 0 Å². The molecule has 2 rings (SSSR count). The number of carbonyl (C=O) groups excluding carboxylic acids is 2. The predicted octanol–water partition coefficient (Wildman–Crippen LogP) is 2.72. The summed E-state index contributed by atoms with van der Waals surface area (Å²) in [5.41, 5.74) is 0.717. The van der Waals surface area contributed by atoms with Crippen molar-refractivity contribution in [2.45, 2.75) is 19.4 Å². The highest BCUT2D eigenvalue weighted by atomic mass is 35.5. The topological polar surface area (TPSA) is 67.4 Å². The maximum Gasteiger partial charge on any atom is 0.260 e. The van der Waals surface area contributed by atoms with Gasteiger partial charge in [0.2, 0.25) is 5.91 Å². The number of amides is 2. The van der Waals surface area contributed by atoms with Gasteiger partial charge in [0.15, 0.2) is 6.10 Å². The molecule has 5 nitrogen and oxygen atoms in total. The summed E-state index contributed by atoms with van der Waals surface area (Å²) in [4.78, 5) is 23.8. The lowest BCUT2D eigenvalue weighted by atomic mass is 10.1. The van der Waals surface area contributed by atoms with E-state index in [1.807, 2.05) is 0 Å². The van der Waals surface area contributed by atoms with Gasteiger partial charge in [-0.2, -0.15) is 0 Å². The van der Waals surface area contributed by atoms with E-state index in [0.29, 0.717) is 10.8 Å². The van der Waals surface area contributed by atoms with Gasteiger partial charge in [0.25, 0.3) is 5.91 Å². The summed E-state index contributed by atoms with van der Waals surface area (Å²) >= 11 is 5.98. The van der Waals surface area contributed by atoms with E-state index in [2.05, 4.69) is 10.6 Å². The molecule has 138 valence electrons. The average Bonchev–Trinajstić information content (AvgIpc) is 2.62. The molecular weight excluding hydrogens is 359 g/mol. The lowest BCUT2D eigenvalue weighted by Crippen LogP contribution is -2.41. The zero-order valence-corrected chi connectivity index (χ0v) is 15.1. The van der Waals surface area contributed by atoms with Crippen molar-refractivity contribution >= 4 is 23.4 Å². The number of nitrogens with one attached hydrogen (secondary N) is 2. The zero-order chi connectivity index (χ0) is 18.9. The third-order valence-corrected chi connectivity index (χ3v) is 3.85. The quantitative estimate of drug-likeness (QED) is 0.694. The van der Waals surface area contributed by atoms with Crippen molar-refractivity contribution in [3.05, 3.63) is 64.9 Å². The minimum absolute atomic E-state index is 0.153. The number of hydrogen-bond acceptors (Lipinski definition) is 3. The van der Waals surface area contributed by atoms with E-state index < -0.39 is 6.10 Å². The van der Waals surface area contributed by atoms with E-state index in [0.717, 1.165) is 5.56 Å². The summed E-state index contributed by atoms with van der Waals surface area (Å²) in [5, 5.41) is 5.80. The van der Waals surface area contributed by atoms with Gasteiger partial charge in [-0.15, -0.1) is 0 Å². The van der Waals surface area contributed by atoms with Crippen molar-refractivity contribution in [3.63, 3.8) is 0 Å². The molecule has 0 saturated heterocycles. The van der Waals surface area contributed by atoms with E-state index in [1.54, 1.807) is 43.3 Å². The molecule has 7 heteroatoms. The third kappa shape index (κ3) is 6.37. The van der Waals surface area contributed by atoms with Gasteiger partial charge in [-0.05, 0) is 36.8 Å². The van der Waals surface area contributed by atoms with Gasteiger partial charge < -0.3 is 15.4 Å². The Labute approximate surface area is 156 Å². The molecule has 0 bridgehead atoms. The molecule has 0 heterocycles. The molecule has 0 aromatic heterocycles. The van der Waals surface area contributed by atoms with Crippen LogP contribution in [0.5, 0.6) is 5.75 Å². The standard InChI is InChI=1S/C19H20ClFN2O3/c1-13(26-17-5-3-2-4-16(17)20)19(25)23-11-10-22-18(24)12-14-6-8-15(21)9-7-14/h2-9,13H,10-12H2,1H3,(H,22,24)(H,23,25). The smallest absolute Gasteiger partial charge is 0.260 e. The summed E-state index contributed by atoms with van der Waals surface area (Å²) < 4.78 is 18.3. The molecule has 2 aromatic rings. The molecule has 0 fully saturated rings. The summed E-state index contributed by atoms with van der Waals surface area (Å²) in [6.45, 7) is 2.17. The zero-order valence-electron chi connectivity index (χ0n) is 14.3. The van der Waals surface area contributed by atoms with Crippen LogP contribution in [0.3, 0.4) is 0 Å². The fourth-order valence-corrected chi connectivity index (χ4v) is 2.35. The lowest BCUT2D eigenvalue weighted by Gasteiger charge is -2.15. The van der Waals surface area contributed by atoms with Gasteiger partial charge in [-0.25, -0.2) is 4.39 Å². The summed E-state index contributed by atoms with van der Waals surface area (Å²) in [6.07, 6.45) is -0.565. The monoisotopic (exact) mass is 378 g/mol. The molecular formula is C19H20ClFN2O3. The summed E-state index contributed by atoms with van der Waals surface area (Å²) in [5.74, 6) is -0.418. The van der Waals surface area contributed by atoms with Crippen LogP contribution in [0.4, 0.5) is 4.39 Å². The first-order chi connectivity index (χ1) is 12.5. The number of halogens is 2. The predicted molar refractivity (Wildman–Crippen MR) is 97.7 cm³/mol. The fraction of sp³-hybridized carbons (Fsp3) is 0.263. The van der Waals surface area contributed by atoms with E-state index in [-0.39, 0.29) is 37.1 Å². The van der Waals surface area contributed by atoms with E-state index in [4.69, 9.17) is 16.3 Å². The van der Waals surface area contributed by atoms with Crippen LogP contribution in [0, 0.1) is 5.82 Å². The van der Waals surface area contributed by atoms with Gasteiger partial charge in [0, 0.05) is 13.1 Å². The van der Waals surface area contributed by atoms with Crippen LogP contribution in [-0.2, 0) is 16.0 Å². The van der Waals surface area contributed by atoms with Crippen LogP contribution < -0.4 is 15.4 Å². The van der Waals surface area contributed by atoms with Crippen molar-refractivity contribution in [3.8, 4) is 5.75 Å². The Morgan fingerprint density at radius 1 is 1.08 bits per heavy atom. The Kier molecular flexibility index (Phi) is 7.41. The number of ether oxygens (including phenoxy) is 1. The number of carbonyl (C=O) groups is 2. The molecule has 0 aliphatic rings. The van der Waals surface area contributed by atoms with E-state index in [1.165, 1.54) is 12.1 Å². The first-order valence-corrected chi connectivity index (χ1v) is 8.53. The van der Waals surface area contributed by atoms with E-state index >= 15 is 0 Å². The Morgan fingerprint density at radius 2 is 1.73 bits per heavy atom. The molecule has 0 saturated carbocycles. The Hall–Kier alpha value is -2.60. The molecule has 26 heavy (non-hydrogen) atoms. The van der Waals surface area contributed by atoms with Crippen molar-refractivity contribution in [1.82, 2.24) is 10.6 Å². The molecule has 2 N–H and O–H groups in total. The van der Waals surface area contributed by atoms with Crippen molar-refractivity contribution in [2.75, 3.05) is 13.1 Å². The van der Waals surface area contributed by atoms with Crippen LogP contribution in [0.2, 0.25) is 5.02 Å². The van der Waals surface area contributed by atoms with Crippen molar-refractivity contribution < 1.29 is 18.7 Å². The molecule has 2 amide bonds. The third-order valence-electron chi connectivity index (χ3n) is 3.53. The second-order valence-electron chi connectivity index (χ2n) is 5.63. The normalized spacial score (nSPS) is 11.5. The highest BCUT2D eigenvalue weighted by Gasteiger charge is 2.15. The van der Waals surface area contributed by atoms with Crippen LogP contribution in [0.25, 0.3) is 0 Å². The Morgan fingerprint density at radius 3 is 2.42 bits per heavy atom. The van der Waals surface area contributed by atoms with Crippen molar-refractivity contribution in [2.24, 2.45) is 0 Å². The van der Waals surface area contributed by atoms with Crippen LogP contribution in [0.15, 0.2) is 48.5 Å². The lowest BCUT2D eigenvalue weighted by molar-refractivity contribution is -0.127. The molecule has 0 radical (unpaired) electrons. The van der Waals surface area contributed by atoms with Gasteiger partial charge in [0.05, 0.1) is 11.4 Å². The molecule has 2 aromatic carbocycles. The SMILES string of the molecule is CC(Oc1ccccc1Cl)C(=O)NCCNC(=O)Cc1ccc(F)cc1. The average molecular weight is 379 g/mol. The number of rotatable bonds is 8. The van der Waals surface area contributed by atoms with Crippen LogP contribution >= 0.6 is 11.6 Å². The first-order valence-electron chi connectivity index (χ1n) is 8.15. The van der Waals surface area contributed by atoms with Gasteiger partial charge in [-0.3, -0.25) is 9.59 Å². The first kappa shape index (κ1) is 19.7. The number of hydrogen-bond donors (Lipinski definition) is 2. The molecule has 0 aliphatic heterocycles. The second kappa shape index (κ2) is 9.77. The minimum Gasteiger partial charge on any atom is -0.479 e. The summed E-state index contributed by atoms with van der Waals surface area (Å²) in [6, 6.07) is 12.6. The molecule has 1 unspecified atom stereocenters. The minimum atomic E-state index is -0.718. The largest absolute Gasteiger partial charge is 0.479 e. The maximum absolute atomic E-state index is 12.8. The van der Waals surface area contributed by atoms with Crippen LogP contribution in [0.1, 0.15) is 12.5 Å². The number of para-hydroxylation sites is 1. The van der Waals surface area contributed by atoms with Gasteiger partial charge in [-0.1, -0.05) is 35.9 Å². The fourth-order valence-electron chi connectivity index (χ4n) is 2.17. The van der Waals surface area contributed by atoms with Gasteiger partial charge in [0.1, 0.15) is 11.6 Å². The van der Waals surface area contributed by atoms with E-state index in [9.17, 15) is 14.0 Å². The number of benzene rings is 2. The second-order valence-corrected chi connectivity index (χ2v) is 6.04. The molecule has 0 spiro atoms. The Bertz CT molecular complexity index is 753.